The molecule has 4 rings (SSSR count). The van der Waals surface area contributed by atoms with Crippen LogP contribution in [0.25, 0.3) is 5.65 Å². The summed E-state index contributed by atoms with van der Waals surface area (Å²) in [5.41, 5.74) is 0.646. The Hall–Kier alpha value is -3.03. The van der Waals surface area contributed by atoms with Crippen molar-refractivity contribution < 1.29 is 13.6 Å². The lowest BCUT2D eigenvalue weighted by atomic mass is 10.1. The molecule has 8 heteroatoms. The van der Waals surface area contributed by atoms with Gasteiger partial charge >= 0.3 is 0 Å². The molecule has 1 amide bonds. The number of carbonyl (C=O) groups excluding carboxylic acids is 1. The molecule has 0 aliphatic carbocycles. The maximum Gasteiger partial charge on any atom is 0.256 e. The standard InChI is InChI=1S/C17H15F2N5O/c18-12-4-5-13(14(19)11-12)16(25)22-7-9-23(10-8-22)17-21-20-15-3-1-2-6-24(15)17/h1-6,11H,7-10H2. The fourth-order valence-corrected chi connectivity index (χ4v) is 2.99. The molecule has 128 valence electrons. The van der Waals surface area contributed by atoms with Crippen molar-refractivity contribution >= 4 is 17.5 Å². The van der Waals surface area contributed by atoms with E-state index in [-0.39, 0.29) is 5.56 Å². The summed E-state index contributed by atoms with van der Waals surface area (Å²) in [6.07, 6.45) is 1.89. The molecule has 0 N–H and O–H groups in total. The number of carbonyl (C=O) groups is 1. The number of anilines is 1. The van der Waals surface area contributed by atoms with E-state index in [2.05, 4.69) is 10.2 Å². The van der Waals surface area contributed by atoms with E-state index < -0.39 is 17.5 Å². The summed E-state index contributed by atoms with van der Waals surface area (Å²) < 4.78 is 28.7. The van der Waals surface area contributed by atoms with E-state index in [4.69, 9.17) is 0 Å². The number of fused-ring (bicyclic) bond motifs is 1. The summed E-state index contributed by atoms with van der Waals surface area (Å²) in [6, 6.07) is 8.66. The zero-order chi connectivity index (χ0) is 17.4. The zero-order valence-electron chi connectivity index (χ0n) is 13.3. The van der Waals surface area contributed by atoms with Gasteiger partial charge in [0.05, 0.1) is 5.56 Å². The monoisotopic (exact) mass is 343 g/mol. The van der Waals surface area contributed by atoms with Crippen molar-refractivity contribution in [3.05, 3.63) is 59.8 Å². The van der Waals surface area contributed by atoms with Crippen LogP contribution in [-0.2, 0) is 0 Å². The van der Waals surface area contributed by atoms with E-state index in [1.54, 1.807) is 4.90 Å². The second-order valence-electron chi connectivity index (χ2n) is 5.83. The zero-order valence-corrected chi connectivity index (χ0v) is 13.3. The molecule has 0 bridgehead atoms. The number of halogens is 2. The third-order valence-corrected chi connectivity index (χ3v) is 4.31. The van der Waals surface area contributed by atoms with Gasteiger partial charge in [0.2, 0.25) is 5.95 Å². The lowest BCUT2D eigenvalue weighted by Gasteiger charge is -2.34. The third-order valence-electron chi connectivity index (χ3n) is 4.31. The van der Waals surface area contributed by atoms with Crippen molar-refractivity contribution in [2.75, 3.05) is 31.1 Å². The minimum Gasteiger partial charge on any atom is -0.337 e. The molecule has 1 aromatic carbocycles. The van der Waals surface area contributed by atoms with E-state index in [0.29, 0.717) is 26.2 Å². The number of amides is 1. The second-order valence-corrected chi connectivity index (χ2v) is 5.83. The van der Waals surface area contributed by atoms with Gasteiger partial charge in [0, 0.05) is 38.4 Å². The average molecular weight is 343 g/mol. The van der Waals surface area contributed by atoms with Crippen molar-refractivity contribution in [2.45, 2.75) is 0 Å². The fraction of sp³-hybridized carbons (Fsp3) is 0.235. The Balaban J connectivity index is 1.49. The first kappa shape index (κ1) is 15.5. The third kappa shape index (κ3) is 2.79. The van der Waals surface area contributed by atoms with Crippen LogP contribution < -0.4 is 4.90 Å². The van der Waals surface area contributed by atoms with Gasteiger partial charge in [0.1, 0.15) is 11.6 Å². The van der Waals surface area contributed by atoms with Crippen LogP contribution in [-0.4, -0.2) is 51.6 Å². The first-order valence-electron chi connectivity index (χ1n) is 7.92. The van der Waals surface area contributed by atoms with Gasteiger partial charge in [-0.2, -0.15) is 0 Å². The highest BCUT2D eigenvalue weighted by Gasteiger charge is 2.26. The Morgan fingerprint density at radius 1 is 1.00 bits per heavy atom. The number of hydrogen-bond donors (Lipinski definition) is 0. The van der Waals surface area contributed by atoms with Gasteiger partial charge in [0.15, 0.2) is 5.65 Å². The van der Waals surface area contributed by atoms with Crippen LogP contribution in [0.15, 0.2) is 42.6 Å². The summed E-state index contributed by atoms with van der Waals surface area (Å²) in [5.74, 6) is -1.24. The normalized spacial score (nSPS) is 15.0. The minimum atomic E-state index is -0.837. The minimum absolute atomic E-state index is 0.109. The molecule has 0 unspecified atom stereocenters. The molecule has 1 saturated heterocycles. The van der Waals surface area contributed by atoms with Gasteiger partial charge in [-0.3, -0.25) is 9.20 Å². The molecule has 3 heterocycles. The van der Waals surface area contributed by atoms with Gasteiger partial charge in [-0.15, -0.1) is 10.2 Å². The van der Waals surface area contributed by atoms with Crippen LogP contribution in [0.3, 0.4) is 0 Å². The number of benzene rings is 1. The molecule has 25 heavy (non-hydrogen) atoms. The summed E-state index contributed by atoms with van der Waals surface area (Å²) in [7, 11) is 0. The van der Waals surface area contributed by atoms with Crippen molar-refractivity contribution in [2.24, 2.45) is 0 Å². The Labute approximate surface area is 142 Å². The van der Waals surface area contributed by atoms with Crippen LogP contribution in [0.2, 0.25) is 0 Å². The summed E-state index contributed by atoms with van der Waals surface area (Å²) in [6.45, 7) is 1.98. The van der Waals surface area contributed by atoms with Crippen LogP contribution >= 0.6 is 0 Å². The fourth-order valence-electron chi connectivity index (χ4n) is 2.99. The molecular formula is C17H15F2N5O. The largest absolute Gasteiger partial charge is 0.337 e. The molecule has 0 atom stereocenters. The number of pyridine rings is 1. The van der Waals surface area contributed by atoms with Crippen molar-refractivity contribution in [1.82, 2.24) is 19.5 Å². The number of hydrogen-bond acceptors (Lipinski definition) is 4. The lowest BCUT2D eigenvalue weighted by molar-refractivity contribution is 0.0741. The van der Waals surface area contributed by atoms with E-state index >= 15 is 0 Å². The number of rotatable bonds is 2. The van der Waals surface area contributed by atoms with Gasteiger partial charge in [0.25, 0.3) is 5.91 Å². The average Bonchev–Trinajstić information content (AvgIpc) is 3.05. The second kappa shape index (κ2) is 6.12. The number of piperazine rings is 1. The van der Waals surface area contributed by atoms with E-state index in [0.717, 1.165) is 23.7 Å². The Bertz CT molecular complexity index is 934. The predicted molar refractivity (Wildman–Crippen MR) is 87.5 cm³/mol. The molecule has 0 spiro atoms. The molecule has 3 aromatic rings. The quantitative estimate of drug-likeness (QED) is 0.714. The number of nitrogens with zero attached hydrogens (tertiary/aromatic N) is 5. The highest BCUT2D eigenvalue weighted by atomic mass is 19.1. The predicted octanol–water partition coefficient (Wildman–Crippen LogP) is 1.97. The van der Waals surface area contributed by atoms with E-state index in [1.165, 1.54) is 6.07 Å². The van der Waals surface area contributed by atoms with Crippen molar-refractivity contribution in [3.8, 4) is 0 Å². The molecule has 1 aliphatic rings. The summed E-state index contributed by atoms with van der Waals surface area (Å²) >= 11 is 0. The topological polar surface area (TPSA) is 53.7 Å². The van der Waals surface area contributed by atoms with Crippen molar-refractivity contribution in [3.63, 3.8) is 0 Å². The Kier molecular flexibility index (Phi) is 3.79. The lowest BCUT2D eigenvalue weighted by Crippen LogP contribution is -2.49. The first-order valence-corrected chi connectivity index (χ1v) is 7.92. The SMILES string of the molecule is O=C(c1ccc(F)cc1F)N1CCN(c2nnc3ccccn23)CC1. The molecule has 0 radical (unpaired) electrons. The summed E-state index contributed by atoms with van der Waals surface area (Å²) in [4.78, 5) is 16.0. The molecular weight excluding hydrogens is 328 g/mol. The van der Waals surface area contributed by atoms with Gasteiger partial charge in [-0.25, -0.2) is 8.78 Å². The van der Waals surface area contributed by atoms with Crippen LogP contribution in [0.4, 0.5) is 14.7 Å². The van der Waals surface area contributed by atoms with Crippen LogP contribution in [0.1, 0.15) is 10.4 Å². The number of aromatic nitrogens is 3. The maximum absolute atomic E-state index is 13.8. The Morgan fingerprint density at radius 2 is 1.80 bits per heavy atom. The highest BCUT2D eigenvalue weighted by molar-refractivity contribution is 5.94. The van der Waals surface area contributed by atoms with Gasteiger partial charge in [-0.1, -0.05) is 6.07 Å². The van der Waals surface area contributed by atoms with E-state index in [9.17, 15) is 13.6 Å². The smallest absolute Gasteiger partial charge is 0.256 e. The van der Waals surface area contributed by atoms with Crippen molar-refractivity contribution in [1.29, 1.82) is 0 Å². The first-order chi connectivity index (χ1) is 12.1. The highest BCUT2D eigenvalue weighted by Crippen LogP contribution is 2.18. The maximum atomic E-state index is 13.8. The van der Waals surface area contributed by atoms with Gasteiger partial charge in [-0.05, 0) is 24.3 Å². The molecule has 2 aromatic heterocycles. The van der Waals surface area contributed by atoms with Crippen LogP contribution in [0, 0.1) is 11.6 Å². The summed E-state index contributed by atoms with van der Waals surface area (Å²) in [5, 5.41) is 8.33. The molecule has 1 fully saturated rings. The molecule has 0 saturated carbocycles. The van der Waals surface area contributed by atoms with Gasteiger partial charge < -0.3 is 9.80 Å². The molecule has 6 nitrogen and oxygen atoms in total. The van der Waals surface area contributed by atoms with E-state index in [1.807, 2.05) is 33.7 Å². The van der Waals surface area contributed by atoms with Crippen LogP contribution in [0.5, 0.6) is 0 Å². The molecule has 1 aliphatic heterocycles. The Morgan fingerprint density at radius 3 is 2.56 bits per heavy atom.